The summed E-state index contributed by atoms with van der Waals surface area (Å²) in [5, 5.41) is 3.98. The normalized spacial score (nSPS) is 24.8. The number of anilines is 1. The number of carbonyl (C=O) groups is 1. The largest absolute Gasteiger partial charge is 0.381 e. The van der Waals surface area contributed by atoms with E-state index in [1.165, 1.54) is 0 Å². The minimum Gasteiger partial charge on any atom is -0.381 e. The molecule has 1 aromatic rings. The number of amides is 2. The van der Waals surface area contributed by atoms with Crippen molar-refractivity contribution < 1.29 is 9.53 Å². The van der Waals surface area contributed by atoms with Gasteiger partial charge in [0.25, 0.3) is 0 Å². The van der Waals surface area contributed by atoms with Crippen molar-refractivity contribution in [2.45, 2.75) is 19.8 Å². The maximum Gasteiger partial charge on any atom is 0.321 e. The Morgan fingerprint density at radius 2 is 2.09 bits per heavy atom. The van der Waals surface area contributed by atoms with Gasteiger partial charge < -0.3 is 15.0 Å². The van der Waals surface area contributed by atoms with Gasteiger partial charge in [0.1, 0.15) is 0 Å². The van der Waals surface area contributed by atoms with E-state index in [4.69, 9.17) is 27.9 Å². The van der Waals surface area contributed by atoms with Crippen LogP contribution in [0.4, 0.5) is 10.5 Å². The van der Waals surface area contributed by atoms with Crippen LogP contribution in [-0.2, 0) is 4.74 Å². The summed E-state index contributed by atoms with van der Waals surface area (Å²) in [5.41, 5.74) is 1.46. The van der Waals surface area contributed by atoms with E-state index < -0.39 is 0 Å². The van der Waals surface area contributed by atoms with E-state index in [0.29, 0.717) is 27.6 Å². The van der Waals surface area contributed by atoms with E-state index in [9.17, 15) is 4.79 Å². The van der Waals surface area contributed by atoms with Gasteiger partial charge in [-0.05, 0) is 49.3 Å². The molecule has 1 N–H and O–H groups in total. The first-order chi connectivity index (χ1) is 10.5. The smallest absolute Gasteiger partial charge is 0.321 e. The van der Waals surface area contributed by atoms with Gasteiger partial charge in [-0.1, -0.05) is 23.2 Å². The summed E-state index contributed by atoms with van der Waals surface area (Å²) in [5.74, 6) is 1.14. The topological polar surface area (TPSA) is 41.6 Å². The maximum absolute atomic E-state index is 12.4. The Kier molecular flexibility index (Phi) is 4.81. The van der Waals surface area contributed by atoms with Crippen molar-refractivity contribution in [2.75, 3.05) is 31.6 Å². The Balaban J connectivity index is 1.62. The highest BCUT2D eigenvalue weighted by atomic mass is 35.5. The molecule has 2 heterocycles. The van der Waals surface area contributed by atoms with Gasteiger partial charge in [-0.3, -0.25) is 0 Å². The Bertz CT molecular complexity index is 574. The van der Waals surface area contributed by atoms with Crippen molar-refractivity contribution in [1.29, 1.82) is 0 Å². The molecule has 0 bridgehead atoms. The monoisotopic (exact) mass is 342 g/mol. The average molecular weight is 343 g/mol. The molecule has 0 saturated carbocycles. The second-order valence-corrected chi connectivity index (χ2v) is 6.94. The Labute approximate surface area is 140 Å². The second kappa shape index (κ2) is 6.65. The van der Waals surface area contributed by atoms with E-state index >= 15 is 0 Å². The lowest BCUT2D eigenvalue weighted by Crippen LogP contribution is -2.33. The number of halogens is 2. The quantitative estimate of drug-likeness (QED) is 0.875. The number of likely N-dealkylation sites (tertiary alicyclic amines) is 1. The van der Waals surface area contributed by atoms with Gasteiger partial charge in [-0.2, -0.15) is 0 Å². The second-order valence-electron chi connectivity index (χ2n) is 6.13. The van der Waals surface area contributed by atoms with Gasteiger partial charge >= 0.3 is 6.03 Å². The summed E-state index contributed by atoms with van der Waals surface area (Å²) in [6.07, 6.45) is 2.16. The number of nitrogens with one attached hydrogen (secondary N) is 1. The fraction of sp³-hybridized carbons (Fsp3) is 0.562. The van der Waals surface area contributed by atoms with Crippen molar-refractivity contribution in [1.82, 2.24) is 4.90 Å². The molecular weight excluding hydrogens is 323 g/mol. The molecule has 0 aliphatic carbocycles. The Morgan fingerprint density at radius 1 is 1.27 bits per heavy atom. The van der Waals surface area contributed by atoms with E-state index in [1.807, 2.05) is 11.8 Å². The predicted octanol–water partition coefficient (Wildman–Crippen LogP) is 4.19. The van der Waals surface area contributed by atoms with Crippen LogP contribution in [0.3, 0.4) is 0 Å². The Morgan fingerprint density at radius 3 is 2.82 bits per heavy atom. The summed E-state index contributed by atoms with van der Waals surface area (Å²) in [4.78, 5) is 14.3. The number of hydrogen-bond donors (Lipinski definition) is 1. The highest BCUT2D eigenvalue weighted by molar-refractivity contribution is 6.36. The van der Waals surface area contributed by atoms with Gasteiger partial charge in [0.05, 0.1) is 10.7 Å². The molecule has 2 saturated heterocycles. The van der Waals surface area contributed by atoms with Crippen LogP contribution < -0.4 is 5.32 Å². The SMILES string of the molecule is Cc1cc(Cl)c(NC(=O)N2CC[C@H]([C@H]3CCOC3)C2)cc1Cl. The number of rotatable bonds is 2. The molecular formula is C16H20Cl2N2O2. The summed E-state index contributed by atoms with van der Waals surface area (Å²) < 4.78 is 5.45. The van der Waals surface area contributed by atoms with Gasteiger partial charge in [0, 0.05) is 31.3 Å². The number of urea groups is 1. The van der Waals surface area contributed by atoms with Crippen molar-refractivity contribution in [2.24, 2.45) is 11.8 Å². The van der Waals surface area contributed by atoms with Crippen LogP contribution >= 0.6 is 23.2 Å². The molecule has 2 fully saturated rings. The average Bonchev–Trinajstić information content (AvgIpc) is 3.15. The number of hydrogen-bond acceptors (Lipinski definition) is 2. The molecule has 0 spiro atoms. The molecule has 22 heavy (non-hydrogen) atoms. The van der Waals surface area contributed by atoms with E-state index in [2.05, 4.69) is 5.32 Å². The lowest BCUT2D eigenvalue weighted by atomic mass is 9.91. The minimum atomic E-state index is -0.108. The van der Waals surface area contributed by atoms with Crippen LogP contribution in [0.5, 0.6) is 0 Å². The van der Waals surface area contributed by atoms with E-state index in [1.54, 1.807) is 12.1 Å². The molecule has 4 nitrogen and oxygen atoms in total. The third kappa shape index (κ3) is 3.34. The molecule has 1 aromatic carbocycles. The number of ether oxygens (including phenoxy) is 1. The predicted molar refractivity (Wildman–Crippen MR) is 88.8 cm³/mol. The molecule has 2 aliphatic rings. The van der Waals surface area contributed by atoms with E-state index in [-0.39, 0.29) is 6.03 Å². The molecule has 3 rings (SSSR count). The van der Waals surface area contributed by atoms with Crippen LogP contribution in [0.2, 0.25) is 10.0 Å². The minimum absolute atomic E-state index is 0.108. The van der Waals surface area contributed by atoms with Crippen LogP contribution in [0.1, 0.15) is 18.4 Å². The third-order valence-corrected chi connectivity index (χ3v) is 5.35. The summed E-state index contributed by atoms with van der Waals surface area (Å²) in [6.45, 7) is 5.14. The molecule has 2 amide bonds. The molecule has 2 aliphatic heterocycles. The lowest BCUT2D eigenvalue weighted by molar-refractivity contribution is 0.171. The Hall–Kier alpha value is -0.970. The number of nitrogens with zero attached hydrogens (tertiary/aromatic N) is 1. The maximum atomic E-state index is 12.4. The first kappa shape index (κ1) is 15.9. The van der Waals surface area contributed by atoms with Crippen molar-refractivity contribution in [3.8, 4) is 0 Å². The highest BCUT2D eigenvalue weighted by Gasteiger charge is 2.33. The van der Waals surface area contributed by atoms with Crippen LogP contribution in [0.15, 0.2) is 12.1 Å². The van der Waals surface area contributed by atoms with E-state index in [0.717, 1.165) is 44.7 Å². The standard InChI is InChI=1S/C16H20Cl2N2O2/c1-10-6-14(18)15(7-13(10)17)19-16(21)20-4-2-11(8-20)12-3-5-22-9-12/h6-7,11-12H,2-5,8-9H2,1H3,(H,19,21)/t11-,12-/m0/s1. The molecule has 0 unspecified atom stereocenters. The van der Waals surface area contributed by atoms with Crippen molar-refractivity contribution in [3.63, 3.8) is 0 Å². The van der Waals surface area contributed by atoms with Crippen LogP contribution in [0.25, 0.3) is 0 Å². The first-order valence-corrected chi connectivity index (χ1v) is 8.39. The fourth-order valence-electron chi connectivity index (χ4n) is 3.22. The lowest BCUT2D eigenvalue weighted by Gasteiger charge is -2.20. The summed E-state index contributed by atoms with van der Waals surface area (Å²) >= 11 is 12.3. The summed E-state index contributed by atoms with van der Waals surface area (Å²) in [7, 11) is 0. The molecule has 0 aromatic heterocycles. The molecule has 120 valence electrons. The highest BCUT2D eigenvalue weighted by Crippen LogP contribution is 2.32. The summed E-state index contributed by atoms with van der Waals surface area (Å²) in [6, 6.07) is 3.36. The van der Waals surface area contributed by atoms with Gasteiger partial charge in [-0.25, -0.2) is 4.79 Å². The molecule has 0 radical (unpaired) electrons. The first-order valence-electron chi connectivity index (χ1n) is 7.64. The van der Waals surface area contributed by atoms with Gasteiger partial charge in [0.15, 0.2) is 0 Å². The zero-order chi connectivity index (χ0) is 15.7. The van der Waals surface area contributed by atoms with Crippen LogP contribution in [0, 0.1) is 18.8 Å². The number of benzene rings is 1. The zero-order valence-corrected chi connectivity index (χ0v) is 14.1. The van der Waals surface area contributed by atoms with Crippen molar-refractivity contribution in [3.05, 3.63) is 27.7 Å². The third-order valence-electron chi connectivity index (χ3n) is 4.63. The molecule has 2 atom stereocenters. The number of carbonyl (C=O) groups excluding carboxylic acids is 1. The van der Waals surface area contributed by atoms with Gasteiger partial charge in [-0.15, -0.1) is 0 Å². The number of aryl methyl sites for hydroxylation is 1. The van der Waals surface area contributed by atoms with Gasteiger partial charge in [0.2, 0.25) is 0 Å². The zero-order valence-electron chi connectivity index (χ0n) is 12.6. The van der Waals surface area contributed by atoms with Crippen LogP contribution in [-0.4, -0.2) is 37.2 Å². The fourth-order valence-corrected chi connectivity index (χ4v) is 3.65. The van der Waals surface area contributed by atoms with Crippen molar-refractivity contribution >= 4 is 34.9 Å². The molecule has 6 heteroatoms.